The number of aromatic nitrogens is 1. The minimum absolute atomic E-state index is 0.0288. The molecule has 0 saturated carbocycles. The number of H-pyrrole nitrogens is 1. The Labute approximate surface area is 117 Å². The van der Waals surface area contributed by atoms with Gasteiger partial charge in [0.25, 0.3) is 5.56 Å². The zero-order valence-electron chi connectivity index (χ0n) is 11.9. The van der Waals surface area contributed by atoms with Crippen LogP contribution < -0.4 is 10.9 Å². The zero-order chi connectivity index (χ0) is 14.7. The number of carbonyl (C=O) groups excluding carboxylic acids is 1. The van der Waals surface area contributed by atoms with Gasteiger partial charge in [-0.05, 0) is 38.5 Å². The van der Waals surface area contributed by atoms with Crippen LogP contribution >= 0.6 is 0 Å². The van der Waals surface area contributed by atoms with E-state index in [1.165, 1.54) is 0 Å². The minimum atomic E-state index is -0.0481. The predicted octanol–water partition coefficient (Wildman–Crippen LogP) is 3.19. The van der Waals surface area contributed by atoms with Crippen LogP contribution in [0.3, 0.4) is 0 Å². The topological polar surface area (TPSA) is 62.0 Å². The summed E-state index contributed by atoms with van der Waals surface area (Å²) in [6, 6.07) is 9.17. The number of Topliss-reactive ketones (excluding diaryl/α,β-unsaturated/α-hetero) is 1. The molecule has 2 N–H and O–H groups in total. The standard InChI is InChI=1S/C16H18N2O2/c1-4-12-9-15(10(2)17-16(12)20)18-14-7-5-6-13(8-14)11(3)19/h5-9,18H,4H2,1-3H3,(H,17,20). The van der Waals surface area contributed by atoms with E-state index in [-0.39, 0.29) is 11.3 Å². The summed E-state index contributed by atoms with van der Waals surface area (Å²) >= 11 is 0. The van der Waals surface area contributed by atoms with Crippen molar-refractivity contribution in [2.45, 2.75) is 27.2 Å². The van der Waals surface area contributed by atoms with Crippen molar-refractivity contribution in [2.75, 3.05) is 5.32 Å². The molecule has 2 aromatic rings. The van der Waals surface area contributed by atoms with Crippen molar-refractivity contribution >= 4 is 17.2 Å². The van der Waals surface area contributed by atoms with Crippen LogP contribution in [0.4, 0.5) is 11.4 Å². The maximum Gasteiger partial charge on any atom is 0.251 e. The highest BCUT2D eigenvalue weighted by Crippen LogP contribution is 2.20. The number of rotatable bonds is 4. The number of ketones is 1. The van der Waals surface area contributed by atoms with E-state index < -0.39 is 0 Å². The molecule has 1 aromatic heterocycles. The van der Waals surface area contributed by atoms with Crippen LogP contribution in [-0.2, 0) is 6.42 Å². The van der Waals surface area contributed by atoms with Gasteiger partial charge in [0.2, 0.25) is 0 Å². The third kappa shape index (κ3) is 2.96. The molecule has 0 aliphatic rings. The van der Waals surface area contributed by atoms with Gasteiger partial charge < -0.3 is 10.3 Å². The second-order valence-electron chi connectivity index (χ2n) is 4.78. The Kier molecular flexibility index (Phi) is 4.03. The molecule has 1 aromatic carbocycles. The van der Waals surface area contributed by atoms with Crippen molar-refractivity contribution < 1.29 is 4.79 Å². The molecule has 0 atom stereocenters. The quantitative estimate of drug-likeness (QED) is 0.839. The van der Waals surface area contributed by atoms with Crippen molar-refractivity contribution in [1.82, 2.24) is 4.98 Å². The molecule has 0 amide bonds. The van der Waals surface area contributed by atoms with E-state index in [0.717, 1.165) is 22.6 Å². The second kappa shape index (κ2) is 5.74. The van der Waals surface area contributed by atoms with Gasteiger partial charge in [-0.1, -0.05) is 19.1 Å². The Balaban J connectivity index is 2.37. The molecule has 4 nitrogen and oxygen atoms in total. The largest absolute Gasteiger partial charge is 0.354 e. The Morgan fingerprint density at radius 3 is 2.70 bits per heavy atom. The predicted molar refractivity (Wildman–Crippen MR) is 80.9 cm³/mol. The average Bonchev–Trinajstić information content (AvgIpc) is 2.42. The lowest BCUT2D eigenvalue weighted by Gasteiger charge is -2.11. The summed E-state index contributed by atoms with van der Waals surface area (Å²) in [5.41, 5.74) is 3.80. The number of anilines is 2. The number of hydrogen-bond acceptors (Lipinski definition) is 3. The number of hydrogen-bond donors (Lipinski definition) is 2. The third-order valence-corrected chi connectivity index (χ3v) is 3.24. The monoisotopic (exact) mass is 270 g/mol. The zero-order valence-corrected chi connectivity index (χ0v) is 11.9. The molecule has 1 heterocycles. The van der Waals surface area contributed by atoms with Gasteiger partial charge in [0.1, 0.15) is 0 Å². The van der Waals surface area contributed by atoms with E-state index in [1.54, 1.807) is 19.1 Å². The van der Waals surface area contributed by atoms with E-state index >= 15 is 0 Å². The highest BCUT2D eigenvalue weighted by atomic mass is 16.1. The lowest BCUT2D eigenvalue weighted by molar-refractivity contribution is 0.101. The molecule has 2 rings (SSSR count). The molecule has 0 fully saturated rings. The van der Waals surface area contributed by atoms with E-state index in [9.17, 15) is 9.59 Å². The number of nitrogens with one attached hydrogen (secondary N) is 2. The smallest absolute Gasteiger partial charge is 0.251 e. The van der Waals surface area contributed by atoms with E-state index in [0.29, 0.717) is 12.0 Å². The van der Waals surface area contributed by atoms with Gasteiger partial charge in [0.15, 0.2) is 5.78 Å². The molecule has 104 valence electrons. The number of pyridine rings is 1. The molecule has 0 radical (unpaired) electrons. The van der Waals surface area contributed by atoms with Crippen LogP contribution in [0.1, 0.15) is 35.5 Å². The Morgan fingerprint density at radius 1 is 1.30 bits per heavy atom. The maximum atomic E-state index is 11.7. The molecule has 0 saturated heterocycles. The van der Waals surface area contributed by atoms with Crippen LogP contribution in [0.2, 0.25) is 0 Å². The highest BCUT2D eigenvalue weighted by molar-refractivity contribution is 5.95. The van der Waals surface area contributed by atoms with Crippen LogP contribution in [0.5, 0.6) is 0 Å². The van der Waals surface area contributed by atoms with Gasteiger partial charge in [-0.15, -0.1) is 0 Å². The summed E-state index contributed by atoms with van der Waals surface area (Å²) in [6.45, 7) is 5.33. The van der Waals surface area contributed by atoms with Gasteiger partial charge in [0, 0.05) is 22.5 Å². The van der Waals surface area contributed by atoms with Crippen molar-refractivity contribution in [3.8, 4) is 0 Å². The molecule has 0 aliphatic carbocycles. The number of carbonyl (C=O) groups is 1. The molecule has 0 aliphatic heterocycles. The normalized spacial score (nSPS) is 10.3. The van der Waals surface area contributed by atoms with Gasteiger partial charge in [0.05, 0.1) is 5.69 Å². The van der Waals surface area contributed by atoms with E-state index in [2.05, 4.69) is 10.3 Å². The summed E-state index contributed by atoms with van der Waals surface area (Å²) in [7, 11) is 0. The molecule has 0 bridgehead atoms. The fourth-order valence-electron chi connectivity index (χ4n) is 2.03. The lowest BCUT2D eigenvalue weighted by atomic mass is 10.1. The van der Waals surface area contributed by atoms with Gasteiger partial charge in [-0.25, -0.2) is 0 Å². The van der Waals surface area contributed by atoms with Crippen molar-refractivity contribution in [3.05, 3.63) is 57.5 Å². The van der Waals surface area contributed by atoms with E-state index in [4.69, 9.17) is 0 Å². The van der Waals surface area contributed by atoms with Crippen LogP contribution in [0.15, 0.2) is 35.1 Å². The summed E-state index contributed by atoms with van der Waals surface area (Å²) in [6.07, 6.45) is 0.678. The summed E-state index contributed by atoms with van der Waals surface area (Å²) in [5, 5.41) is 3.25. The second-order valence-corrected chi connectivity index (χ2v) is 4.78. The molecule has 0 spiro atoms. The van der Waals surface area contributed by atoms with E-state index in [1.807, 2.05) is 32.0 Å². The van der Waals surface area contributed by atoms with Gasteiger partial charge in [-0.2, -0.15) is 0 Å². The molecular formula is C16H18N2O2. The Bertz CT molecular complexity index is 702. The highest BCUT2D eigenvalue weighted by Gasteiger charge is 2.06. The molecule has 20 heavy (non-hydrogen) atoms. The van der Waals surface area contributed by atoms with Crippen molar-refractivity contribution in [3.63, 3.8) is 0 Å². The Morgan fingerprint density at radius 2 is 2.05 bits per heavy atom. The fourth-order valence-corrected chi connectivity index (χ4v) is 2.03. The minimum Gasteiger partial charge on any atom is -0.354 e. The van der Waals surface area contributed by atoms with Crippen molar-refractivity contribution in [2.24, 2.45) is 0 Å². The van der Waals surface area contributed by atoms with Crippen LogP contribution in [0.25, 0.3) is 0 Å². The molecular weight excluding hydrogens is 252 g/mol. The first-order valence-electron chi connectivity index (χ1n) is 6.62. The van der Waals surface area contributed by atoms with Gasteiger partial charge in [-0.3, -0.25) is 9.59 Å². The third-order valence-electron chi connectivity index (χ3n) is 3.24. The average molecular weight is 270 g/mol. The maximum absolute atomic E-state index is 11.7. The first-order chi connectivity index (χ1) is 9.51. The first-order valence-corrected chi connectivity index (χ1v) is 6.62. The Hall–Kier alpha value is -2.36. The summed E-state index contributed by atoms with van der Waals surface area (Å²) in [4.78, 5) is 25.9. The SMILES string of the molecule is CCc1cc(Nc2cccc(C(C)=O)c2)c(C)[nH]c1=O. The number of aryl methyl sites for hydroxylation is 2. The number of aromatic amines is 1. The number of benzene rings is 1. The lowest BCUT2D eigenvalue weighted by Crippen LogP contribution is -2.14. The molecule has 0 unspecified atom stereocenters. The summed E-state index contributed by atoms with van der Waals surface area (Å²) < 4.78 is 0. The first kappa shape index (κ1) is 14.1. The van der Waals surface area contributed by atoms with Crippen molar-refractivity contribution in [1.29, 1.82) is 0 Å². The fraction of sp³-hybridized carbons (Fsp3) is 0.250. The van der Waals surface area contributed by atoms with Crippen LogP contribution in [0, 0.1) is 6.92 Å². The van der Waals surface area contributed by atoms with Gasteiger partial charge >= 0.3 is 0 Å². The molecule has 4 heteroatoms. The van der Waals surface area contributed by atoms with Crippen LogP contribution in [-0.4, -0.2) is 10.8 Å². The summed E-state index contributed by atoms with van der Waals surface area (Å²) in [5.74, 6) is 0.0288.